The fraction of sp³-hybridized carbons (Fsp3) is 0.222. The molecule has 0 saturated heterocycles. The first-order valence-electron chi connectivity index (χ1n) is 3.99. The van der Waals surface area contributed by atoms with E-state index in [2.05, 4.69) is 5.16 Å². The Bertz CT molecular complexity index is 310. The van der Waals surface area contributed by atoms with Crippen LogP contribution in [-0.2, 0) is 0 Å². The Hall–Kier alpha value is -1.71. The molecule has 13 heavy (non-hydrogen) atoms. The van der Waals surface area contributed by atoms with E-state index in [1.54, 1.807) is 18.2 Å². The van der Waals surface area contributed by atoms with Gasteiger partial charge in [0, 0.05) is 0 Å². The summed E-state index contributed by atoms with van der Waals surface area (Å²) in [6, 6.07) is 7.14. The van der Waals surface area contributed by atoms with Crippen LogP contribution in [0.25, 0.3) is 0 Å². The number of rotatable bonds is 3. The van der Waals surface area contributed by atoms with Crippen LogP contribution < -0.4 is 10.5 Å². The number of hydrogen-bond donors (Lipinski definition) is 2. The smallest absolute Gasteiger partial charge is 0.173 e. The van der Waals surface area contributed by atoms with Gasteiger partial charge in [0.05, 0.1) is 12.2 Å². The van der Waals surface area contributed by atoms with Gasteiger partial charge in [0.2, 0.25) is 0 Å². The van der Waals surface area contributed by atoms with Crippen LogP contribution in [0.15, 0.2) is 29.4 Å². The van der Waals surface area contributed by atoms with E-state index in [9.17, 15) is 0 Å². The van der Waals surface area contributed by atoms with Gasteiger partial charge in [-0.25, -0.2) is 0 Å². The zero-order chi connectivity index (χ0) is 9.68. The number of oxime groups is 1. The number of amidine groups is 1. The Morgan fingerprint density at radius 2 is 2.23 bits per heavy atom. The maximum atomic E-state index is 8.49. The van der Waals surface area contributed by atoms with Crippen molar-refractivity contribution in [3.63, 3.8) is 0 Å². The molecule has 0 heterocycles. The van der Waals surface area contributed by atoms with Crippen molar-refractivity contribution < 1.29 is 9.94 Å². The first kappa shape index (κ1) is 9.38. The van der Waals surface area contributed by atoms with Crippen LogP contribution in [0.3, 0.4) is 0 Å². The van der Waals surface area contributed by atoms with Gasteiger partial charge in [0.15, 0.2) is 5.84 Å². The molecule has 70 valence electrons. The lowest BCUT2D eigenvalue weighted by molar-refractivity contribution is 0.317. The van der Waals surface area contributed by atoms with Crippen molar-refractivity contribution in [3.8, 4) is 5.75 Å². The predicted molar refractivity (Wildman–Crippen MR) is 50.1 cm³/mol. The number of benzene rings is 1. The summed E-state index contributed by atoms with van der Waals surface area (Å²) in [6.07, 6.45) is 0. The standard InChI is InChI=1S/C9H12N2O2/c1-2-13-8-6-4-3-5-7(8)9(10)11-12/h3-6,12H,2H2,1H3,(H2,10,11). The Morgan fingerprint density at radius 3 is 2.85 bits per heavy atom. The number of nitrogens with two attached hydrogens (primary N) is 1. The minimum atomic E-state index is 0.0593. The maximum absolute atomic E-state index is 8.49. The molecule has 0 aromatic heterocycles. The number of ether oxygens (including phenoxy) is 1. The van der Waals surface area contributed by atoms with E-state index < -0.39 is 0 Å². The summed E-state index contributed by atoms with van der Waals surface area (Å²) in [5.41, 5.74) is 6.05. The molecule has 4 heteroatoms. The molecule has 3 N–H and O–H groups in total. The van der Waals surface area contributed by atoms with Gasteiger partial charge >= 0.3 is 0 Å². The monoisotopic (exact) mass is 180 g/mol. The van der Waals surface area contributed by atoms with Crippen LogP contribution in [0.5, 0.6) is 5.75 Å². The van der Waals surface area contributed by atoms with Crippen LogP contribution in [0.1, 0.15) is 12.5 Å². The predicted octanol–water partition coefficient (Wildman–Crippen LogP) is 1.18. The summed E-state index contributed by atoms with van der Waals surface area (Å²) in [7, 11) is 0. The van der Waals surface area contributed by atoms with Gasteiger partial charge in [-0.05, 0) is 19.1 Å². The third-order valence-corrected chi connectivity index (χ3v) is 1.57. The van der Waals surface area contributed by atoms with Gasteiger partial charge in [-0.3, -0.25) is 0 Å². The molecule has 4 nitrogen and oxygen atoms in total. The highest BCUT2D eigenvalue weighted by molar-refractivity contribution is 5.99. The molecule has 0 unspecified atom stereocenters. The Balaban J connectivity index is 3.04. The van der Waals surface area contributed by atoms with Crippen LogP contribution in [-0.4, -0.2) is 17.6 Å². The van der Waals surface area contributed by atoms with E-state index in [0.717, 1.165) is 0 Å². The first-order chi connectivity index (χ1) is 6.29. The molecule has 0 atom stereocenters. The van der Waals surface area contributed by atoms with E-state index in [1.165, 1.54) is 0 Å². The van der Waals surface area contributed by atoms with E-state index in [-0.39, 0.29) is 5.84 Å². The highest BCUT2D eigenvalue weighted by Crippen LogP contribution is 2.16. The molecule has 0 fully saturated rings. The van der Waals surface area contributed by atoms with Crippen LogP contribution in [0.2, 0.25) is 0 Å². The Kier molecular flexibility index (Phi) is 3.14. The van der Waals surface area contributed by atoms with Crippen molar-refractivity contribution >= 4 is 5.84 Å². The first-order valence-corrected chi connectivity index (χ1v) is 3.99. The summed E-state index contributed by atoms with van der Waals surface area (Å²) in [4.78, 5) is 0. The minimum Gasteiger partial charge on any atom is -0.493 e. The van der Waals surface area contributed by atoms with E-state index >= 15 is 0 Å². The second-order valence-electron chi connectivity index (χ2n) is 2.41. The molecule has 0 spiro atoms. The van der Waals surface area contributed by atoms with Gasteiger partial charge < -0.3 is 15.7 Å². The average Bonchev–Trinajstić information content (AvgIpc) is 2.18. The molecule has 0 amide bonds. The van der Waals surface area contributed by atoms with E-state index in [4.69, 9.17) is 15.7 Å². The average molecular weight is 180 g/mol. The molecule has 1 rings (SSSR count). The second-order valence-corrected chi connectivity index (χ2v) is 2.41. The third kappa shape index (κ3) is 2.11. The van der Waals surface area contributed by atoms with Crippen molar-refractivity contribution in [1.29, 1.82) is 0 Å². The van der Waals surface area contributed by atoms with Gasteiger partial charge in [0.1, 0.15) is 5.75 Å². The van der Waals surface area contributed by atoms with Crippen molar-refractivity contribution in [3.05, 3.63) is 29.8 Å². The fourth-order valence-corrected chi connectivity index (χ4v) is 1.01. The third-order valence-electron chi connectivity index (χ3n) is 1.57. The quantitative estimate of drug-likeness (QED) is 0.317. The lowest BCUT2D eigenvalue weighted by Gasteiger charge is -2.07. The van der Waals surface area contributed by atoms with Crippen LogP contribution in [0, 0.1) is 0 Å². The highest BCUT2D eigenvalue weighted by atomic mass is 16.5. The molecule has 0 radical (unpaired) electrons. The van der Waals surface area contributed by atoms with Crippen molar-refractivity contribution in [2.24, 2.45) is 10.9 Å². The number of para-hydroxylation sites is 1. The molecule has 0 aliphatic carbocycles. The topological polar surface area (TPSA) is 67.8 Å². The zero-order valence-corrected chi connectivity index (χ0v) is 7.40. The summed E-state index contributed by atoms with van der Waals surface area (Å²) in [5.74, 6) is 0.685. The van der Waals surface area contributed by atoms with Gasteiger partial charge in [-0.15, -0.1) is 0 Å². The molecule has 1 aromatic carbocycles. The summed E-state index contributed by atoms with van der Waals surface area (Å²) in [6.45, 7) is 2.43. The summed E-state index contributed by atoms with van der Waals surface area (Å²) >= 11 is 0. The molecule has 0 saturated carbocycles. The summed E-state index contributed by atoms with van der Waals surface area (Å²) < 4.78 is 5.29. The lowest BCUT2D eigenvalue weighted by atomic mass is 10.2. The molecule has 0 aliphatic rings. The fourth-order valence-electron chi connectivity index (χ4n) is 1.01. The number of hydrogen-bond acceptors (Lipinski definition) is 3. The van der Waals surface area contributed by atoms with E-state index in [1.807, 2.05) is 13.0 Å². The molecule has 1 aromatic rings. The second kappa shape index (κ2) is 4.35. The minimum absolute atomic E-state index is 0.0593. The molecular formula is C9H12N2O2. The molecule has 0 bridgehead atoms. The van der Waals surface area contributed by atoms with Gasteiger partial charge in [0.25, 0.3) is 0 Å². The van der Waals surface area contributed by atoms with Gasteiger partial charge in [-0.2, -0.15) is 0 Å². The lowest BCUT2D eigenvalue weighted by Crippen LogP contribution is -2.14. The maximum Gasteiger partial charge on any atom is 0.173 e. The Morgan fingerprint density at radius 1 is 1.54 bits per heavy atom. The molecular weight excluding hydrogens is 168 g/mol. The van der Waals surface area contributed by atoms with Crippen molar-refractivity contribution in [1.82, 2.24) is 0 Å². The largest absolute Gasteiger partial charge is 0.493 e. The van der Waals surface area contributed by atoms with Crippen molar-refractivity contribution in [2.75, 3.05) is 6.61 Å². The molecule has 0 aliphatic heterocycles. The normalized spacial score (nSPS) is 11.3. The highest BCUT2D eigenvalue weighted by Gasteiger charge is 2.05. The van der Waals surface area contributed by atoms with E-state index in [0.29, 0.717) is 17.9 Å². The Labute approximate surface area is 76.6 Å². The van der Waals surface area contributed by atoms with Crippen molar-refractivity contribution in [2.45, 2.75) is 6.92 Å². The van der Waals surface area contributed by atoms with Crippen LogP contribution >= 0.6 is 0 Å². The number of nitrogens with zero attached hydrogens (tertiary/aromatic N) is 1. The van der Waals surface area contributed by atoms with Gasteiger partial charge in [-0.1, -0.05) is 17.3 Å². The SMILES string of the molecule is CCOc1ccccc1/C(N)=N/O. The summed E-state index contributed by atoms with van der Waals surface area (Å²) in [5, 5.41) is 11.4. The van der Waals surface area contributed by atoms with Crippen LogP contribution in [0.4, 0.5) is 0 Å². The zero-order valence-electron chi connectivity index (χ0n) is 7.40.